The number of nitrogens with one attached hydrogen (secondary N) is 1. The Balaban J connectivity index is 1.52. The minimum atomic E-state index is -0.964. The highest BCUT2D eigenvalue weighted by Crippen LogP contribution is 2.45. The molecule has 3 nitrogen and oxygen atoms in total. The van der Waals surface area contributed by atoms with Crippen LogP contribution in [0.1, 0.15) is 37.5 Å². The Morgan fingerprint density at radius 3 is 2.64 bits per heavy atom. The normalized spacial score (nSPS) is 20.3. The second kappa shape index (κ2) is 7.23. The first kappa shape index (κ1) is 17.3. The van der Waals surface area contributed by atoms with E-state index in [1.54, 1.807) is 11.8 Å². The van der Waals surface area contributed by atoms with E-state index in [2.05, 4.69) is 65.9 Å². The van der Waals surface area contributed by atoms with Gasteiger partial charge in [0.05, 0.1) is 11.4 Å². The average molecular weight is 373 g/mol. The number of anilines is 2. The van der Waals surface area contributed by atoms with Crippen LogP contribution in [0.15, 0.2) is 52.3 Å². The van der Waals surface area contributed by atoms with E-state index in [0.29, 0.717) is 0 Å². The van der Waals surface area contributed by atoms with Crippen LogP contribution in [0.3, 0.4) is 0 Å². The Morgan fingerprint density at radius 1 is 1.12 bits per heavy atom. The van der Waals surface area contributed by atoms with Gasteiger partial charge in [-0.2, -0.15) is 0 Å². The summed E-state index contributed by atoms with van der Waals surface area (Å²) < 4.78 is 15.1. The van der Waals surface area contributed by atoms with Crippen molar-refractivity contribution < 1.29 is 4.55 Å². The minimum absolute atomic E-state index is 0.0164. The predicted molar refractivity (Wildman–Crippen MR) is 107 cm³/mol. The molecule has 2 aliphatic heterocycles. The number of hydrogen-bond donors (Lipinski definition) is 1. The Bertz CT molecular complexity index is 759. The molecule has 5 heteroatoms. The average Bonchev–Trinajstić information content (AvgIpc) is 2.65. The summed E-state index contributed by atoms with van der Waals surface area (Å²) in [5.41, 5.74) is 3.41. The molecule has 2 atom stereocenters. The third kappa shape index (κ3) is 3.56. The molecule has 2 unspecified atom stereocenters. The fraction of sp³-hybridized carbons (Fsp3) is 0.400. The minimum Gasteiger partial charge on any atom is -0.597 e. The smallest absolute Gasteiger partial charge is 0.157 e. The van der Waals surface area contributed by atoms with Crippen LogP contribution in [-0.4, -0.2) is 21.9 Å². The van der Waals surface area contributed by atoms with Crippen molar-refractivity contribution in [1.82, 2.24) is 4.31 Å². The topological polar surface area (TPSA) is 38.3 Å². The SMILES string of the molecule is CC1CCN([S+]([O-])C(C)c2ccc3c(c2)Nc2ccccc2S3)CC1. The molecule has 0 spiro atoms. The van der Waals surface area contributed by atoms with Gasteiger partial charge >= 0.3 is 0 Å². The van der Waals surface area contributed by atoms with E-state index in [9.17, 15) is 4.55 Å². The molecule has 2 aromatic rings. The highest BCUT2D eigenvalue weighted by Gasteiger charge is 2.31. The molecule has 0 amide bonds. The lowest BCUT2D eigenvalue weighted by Gasteiger charge is -2.33. The van der Waals surface area contributed by atoms with Gasteiger partial charge in [-0.25, -0.2) is 0 Å². The zero-order valence-electron chi connectivity index (χ0n) is 14.7. The Morgan fingerprint density at radius 2 is 1.84 bits per heavy atom. The zero-order chi connectivity index (χ0) is 17.4. The van der Waals surface area contributed by atoms with E-state index < -0.39 is 11.4 Å². The highest BCUT2D eigenvalue weighted by atomic mass is 32.2. The summed E-state index contributed by atoms with van der Waals surface area (Å²) in [5, 5.41) is 3.54. The molecule has 2 heterocycles. The molecule has 0 aliphatic carbocycles. The van der Waals surface area contributed by atoms with Crippen LogP contribution >= 0.6 is 11.8 Å². The number of hydrogen-bond acceptors (Lipinski definition) is 4. The summed E-state index contributed by atoms with van der Waals surface area (Å²) in [7, 11) is 0. The van der Waals surface area contributed by atoms with Crippen molar-refractivity contribution in [2.24, 2.45) is 5.92 Å². The molecular weight excluding hydrogens is 348 g/mol. The van der Waals surface area contributed by atoms with Gasteiger partial charge in [-0.3, -0.25) is 0 Å². The maximum absolute atomic E-state index is 13.0. The Kier molecular flexibility index (Phi) is 5.00. The van der Waals surface area contributed by atoms with Gasteiger partial charge in [0, 0.05) is 39.8 Å². The van der Waals surface area contributed by atoms with Gasteiger partial charge in [-0.1, -0.05) is 36.9 Å². The number of rotatable bonds is 3. The van der Waals surface area contributed by atoms with Crippen LogP contribution in [0.4, 0.5) is 11.4 Å². The molecule has 25 heavy (non-hydrogen) atoms. The van der Waals surface area contributed by atoms with Gasteiger partial charge in [0.1, 0.15) is 0 Å². The van der Waals surface area contributed by atoms with Crippen LogP contribution in [0.5, 0.6) is 0 Å². The number of nitrogens with zero attached hydrogens (tertiary/aromatic N) is 1. The quantitative estimate of drug-likeness (QED) is 0.629. The first-order chi connectivity index (χ1) is 12.1. The van der Waals surface area contributed by atoms with Crippen LogP contribution in [-0.2, 0) is 11.4 Å². The van der Waals surface area contributed by atoms with Crippen molar-refractivity contribution in [3.63, 3.8) is 0 Å². The molecule has 0 aromatic heterocycles. The van der Waals surface area contributed by atoms with E-state index in [4.69, 9.17) is 0 Å². The van der Waals surface area contributed by atoms with Crippen molar-refractivity contribution in [2.75, 3.05) is 18.4 Å². The Hall–Kier alpha value is -1.14. The fourth-order valence-electron chi connectivity index (χ4n) is 3.41. The first-order valence-electron chi connectivity index (χ1n) is 8.95. The van der Waals surface area contributed by atoms with Crippen LogP contribution in [0, 0.1) is 5.92 Å². The summed E-state index contributed by atoms with van der Waals surface area (Å²) in [5.74, 6) is 0.758. The van der Waals surface area contributed by atoms with Crippen molar-refractivity contribution in [3.8, 4) is 0 Å². The molecule has 0 saturated carbocycles. The second-order valence-corrected chi connectivity index (χ2v) is 9.87. The van der Waals surface area contributed by atoms with Crippen molar-refractivity contribution in [1.29, 1.82) is 0 Å². The lowest BCUT2D eigenvalue weighted by Crippen LogP contribution is -2.39. The lowest BCUT2D eigenvalue weighted by molar-refractivity contribution is 0.286. The van der Waals surface area contributed by atoms with E-state index in [1.165, 1.54) is 9.79 Å². The number of benzene rings is 2. The number of fused-ring (bicyclic) bond motifs is 2. The summed E-state index contributed by atoms with van der Waals surface area (Å²) in [6, 6.07) is 14.8. The van der Waals surface area contributed by atoms with Gasteiger partial charge in [0.2, 0.25) is 0 Å². The van der Waals surface area contributed by atoms with Crippen molar-refractivity contribution in [3.05, 3.63) is 48.0 Å². The molecular formula is C20H24N2OS2. The third-order valence-electron chi connectivity index (χ3n) is 5.15. The molecule has 4 rings (SSSR count). The highest BCUT2D eigenvalue weighted by molar-refractivity contribution is 7.99. The summed E-state index contributed by atoms with van der Waals surface area (Å²) >= 11 is 0.827. The third-order valence-corrected chi connectivity index (χ3v) is 8.05. The van der Waals surface area contributed by atoms with Gasteiger partial charge in [-0.15, -0.1) is 4.31 Å². The molecule has 2 aliphatic rings. The van der Waals surface area contributed by atoms with E-state index >= 15 is 0 Å². The maximum Gasteiger partial charge on any atom is 0.157 e. The van der Waals surface area contributed by atoms with Gasteiger partial charge in [-0.05, 0) is 49.9 Å². The molecule has 1 N–H and O–H groups in total. The lowest BCUT2D eigenvalue weighted by atomic mass is 10.0. The Labute approximate surface area is 157 Å². The predicted octanol–water partition coefficient (Wildman–Crippen LogP) is 5.35. The molecule has 1 fully saturated rings. The van der Waals surface area contributed by atoms with E-state index in [-0.39, 0.29) is 5.25 Å². The number of para-hydroxylation sites is 1. The van der Waals surface area contributed by atoms with E-state index in [1.807, 2.05) is 0 Å². The van der Waals surface area contributed by atoms with Crippen molar-refractivity contribution >= 4 is 34.5 Å². The monoisotopic (exact) mass is 372 g/mol. The standard InChI is InChI=1S/C20H24N2OS2/c1-14-9-11-22(12-10-14)25(23)15(2)16-7-8-20-18(13-16)21-17-5-3-4-6-19(17)24-20/h3-8,13-15,21H,9-12H2,1-2H3. The summed E-state index contributed by atoms with van der Waals surface area (Å²) in [6.07, 6.45) is 2.30. The summed E-state index contributed by atoms with van der Waals surface area (Å²) in [4.78, 5) is 2.48. The molecule has 1 saturated heterocycles. The van der Waals surface area contributed by atoms with Crippen LogP contribution in [0.2, 0.25) is 0 Å². The molecule has 0 radical (unpaired) electrons. The molecule has 132 valence electrons. The van der Waals surface area contributed by atoms with Gasteiger partial charge in [0.25, 0.3) is 0 Å². The molecule has 2 aromatic carbocycles. The van der Waals surface area contributed by atoms with Gasteiger partial charge < -0.3 is 9.87 Å². The molecule has 0 bridgehead atoms. The largest absolute Gasteiger partial charge is 0.597 e. The maximum atomic E-state index is 13.0. The summed E-state index contributed by atoms with van der Waals surface area (Å²) in [6.45, 7) is 6.27. The first-order valence-corrected chi connectivity index (χ1v) is 10.9. The van der Waals surface area contributed by atoms with Crippen molar-refractivity contribution in [2.45, 2.75) is 41.7 Å². The zero-order valence-corrected chi connectivity index (χ0v) is 16.3. The van der Waals surface area contributed by atoms with Crippen LogP contribution < -0.4 is 5.32 Å². The van der Waals surface area contributed by atoms with E-state index in [0.717, 1.165) is 48.8 Å². The number of piperidine rings is 1. The second-order valence-electron chi connectivity index (χ2n) is 7.01. The van der Waals surface area contributed by atoms with Gasteiger partial charge in [0.15, 0.2) is 5.25 Å². The van der Waals surface area contributed by atoms with Crippen LogP contribution in [0.25, 0.3) is 0 Å². The fourth-order valence-corrected chi connectivity index (χ4v) is 5.78.